The van der Waals surface area contributed by atoms with Crippen LogP contribution in [-0.4, -0.2) is 23.2 Å². The van der Waals surface area contributed by atoms with Crippen molar-refractivity contribution in [2.45, 2.75) is 0 Å². The Balaban J connectivity index is 1.80. The zero-order chi connectivity index (χ0) is 28.2. The highest BCUT2D eigenvalue weighted by molar-refractivity contribution is 6.25. The molecule has 0 amide bonds. The minimum absolute atomic E-state index is 0.215. The van der Waals surface area contributed by atoms with Gasteiger partial charge in [-0.1, -0.05) is 121 Å². The monoisotopic (exact) mass is 533 g/mol. The van der Waals surface area contributed by atoms with Gasteiger partial charge in [0, 0.05) is 16.8 Å². The SMILES string of the molecule is COc1ccc(-n2c(-c3ccccc3)c(C(=O)c3ccccc3)c(C(=O)c3ccccc3)c2-c2ccccc2)cc1. The van der Waals surface area contributed by atoms with Crippen molar-refractivity contribution in [3.8, 4) is 34.0 Å². The third-order valence-corrected chi connectivity index (χ3v) is 7.12. The number of ketones is 2. The van der Waals surface area contributed by atoms with Crippen LogP contribution >= 0.6 is 0 Å². The zero-order valence-corrected chi connectivity index (χ0v) is 22.5. The van der Waals surface area contributed by atoms with Crippen molar-refractivity contribution in [2.24, 2.45) is 0 Å². The second-order valence-corrected chi connectivity index (χ2v) is 9.60. The standard InChI is InChI=1S/C37H27NO3/c1-41-31-24-22-30(23-25-31)38-34(26-14-6-2-7-15-26)32(36(39)28-18-10-4-11-19-28)33(35(38)27-16-8-3-9-17-27)37(40)29-20-12-5-13-21-29/h2-25H,1H3. The van der Waals surface area contributed by atoms with Crippen molar-refractivity contribution in [2.75, 3.05) is 7.11 Å². The van der Waals surface area contributed by atoms with Gasteiger partial charge in [0.25, 0.3) is 0 Å². The first-order valence-electron chi connectivity index (χ1n) is 13.4. The van der Waals surface area contributed by atoms with Gasteiger partial charge >= 0.3 is 0 Å². The number of hydrogen-bond donors (Lipinski definition) is 0. The quantitative estimate of drug-likeness (QED) is 0.185. The molecule has 0 atom stereocenters. The van der Waals surface area contributed by atoms with Gasteiger partial charge in [0.1, 0.15) is 5.75 Å². The van der Waals surface area contributed by atoms with E-state index in [2.05, 4.69) is 0 Å². The van der Waals surface area contributed by atoms with E-state index >= 15 is 0 Å². The maximum absolute atomic E-state index is 14.5. The van der Waals surface area contributed by atoms with Crippen molar-refractivity contribution in [3.63, 3.8) is 0 Å². The van der Waals surface area contributed by atoms with Crippen LogP contribution in [0, 0.1) is 0 Å². The molecule has 0 saturated carbocycles. The molecule has 1 heterocycles. The van der Waals surface area contributed by atoms with E-state index in [-0.39, 0.29) is 11.6 Å². The molecular weight excluding hydrogens is 506 g/mol. The number of rotatable bonds is 8. The molecular formula is C37H27NO3. The lowest BCUT2D eigenvalue weighted by Crippen LogP contribution is -2.11. The first kappa shape index (κ1) is 25.8. The van der Waals surface area contributed by atoms with Crippen LogP contribution < -0.4 is 4.74 Å². The molecule has 1 aromatic heterocycles. The molecule has 198 valence electrons. The molecule has 6 rings (SSSR count). The van der Waals surface area contributed by atoms with Gasteiger partial charge in [-0.3, -0.25) is 9.59 Å². The summed E-state index contributed by atoms with van der Waals surface area (Å²) in [7, 11) is 1.63. The fourth-order valence-corrected chi connectivity index (χ4v) is 5.21. The Bertz CT molecular complexity index is 1690. The lowest BCUT2D eigenvalue weighted by Gasteiger charge is -2.16. The van der Waals surface area contributed by atoms with Crippen LogP contribution in [0.1, 0.15) is 31.8 Å². The summed E-state index contributed by atoms with van der Waals surface area (Å²) in [5, 5.41) is 0. The molecule has 0 N–H and O–H groups in total. The van der Waals surface area contributed by atoms with E-state index in [0.29, 0.717) is 39.4 Å². The van der Waals surface area contributed by atoms with E-state index in [1.54, 1.807) is 31.4 Å². The second-order valence-electron chi connectivity index (χ2n) is 9.60. The van der Waals surface area contributed by atoms with Crippen molar-refractivity contribution in [3.05, 3.63) is 168 Å². The summed E-state index contributed by atoms with van der Waals surface area (Å²) in [5.41, 5.74) is 5.52. The fourth-order valence-electron chi connectivity index (χ4n) is 5.21. The second kappa shape index (κ2) is 11.3. The highest BCUT2D eigenvalue weighted by Crippen LogP contribution is 2.42. The van der Waals surface area contributed by atoms with Gasteiger partial charge in [-0.15, -0.1) is 0 Å². The van der Waals surface area contributed by atoms with E-state index in [0.717, 1.165) is 16.8 Å². The van der Waals surface area contributed by atoms with E-state index in [9.17, 15) is 9.59 Å². The van der Waals surface area contributed by atoms with E-state index < -0.39 is 0 Å². The Morgan fingerprint density at radius 2 is 0.854 bits per heavy atom. The highest BCUT2D eigenvalue weighted by atomic mass is 16.5. The molecule has 6 aromatic rings. The van der Waals surface area contributed by atoms with Crippen LogP contribution in [0.3, 0.4) is 0 Å². The maximum atomic E-state index is 14.5. The molecule has 0 radical (unpaired) electrons. The summed E-state index contributed by atoms with van der Waals surface area (Å²) in [6, 6.07) is 45.5. The van der Waals surface area contributed by atoms with Gasteiger partial charge in [-0.25, -0.2) is 0 Å². The topological polar surface area (TPSA) is 48.3 Å². The molecule has 4 heteroatoms. The summed E-state index contributed by atoms with van der Waals surface area (Å²) in [5.74, 6) is 0.283. The molecule has 5 aromatic carbocycles. The number of carbonyl (C=O) groups is 2. The lowest BCUT2D eigenvalue weighted by molar-refractivity contribution is 0.100. The van der Waals surface area contributed by atoms with Crippen LogP contribution in [0.4, 0.5) is 0 Å². The molecule has 4 nitrogen and oxygen atoms in total. The molecule has 0 aliphatic rings. The first-order valence-corrected chi connectivity index (χ1v) is 13.4. The smallest absolute Gasteiger partial charge is 0.195 e. The third-order valence-electron chi connectivity index (χ3n) is 7.12. The Morgan fingerprint density at radius 1 is 0.488 bits per heavy atom. The lowest BCUT2D eigenvalue weighted by atomic mass is 9.90. The predicted octanol–water partition coefficient (Wildman–Crippen LogP) is 8.28. The zero-order valence-electron chi connectivity index (χ0n) is 22.5. The third kappa shape index (κ3) is 4.88. The number of benzene rings is 5. The molecule has 0 fully saturated rings. The minimum atomic E-state index is -0.215. The average molecular weight is 534 g/mol. The molecule has 41 heavy (non-hydrogen) atoms. The van der Waals surface area contributed by atoms with Crippen LogP contribution in [0.5, 0.6) is 5.75 Å². The molecule has 0 aliphatic heterocycles. The molecule has 0 aliphatic carbocycles. The molecule has 0 saturated heterocycles. The van der Waals surface area contributed by atoms with Gasteiger partial charge in [-0.2, -0.15) is 0 Å². The Kier molecular flexibility index (Phi) is 7.12. The summed E-state index contributed by atoms with van der Waals surface area (Å²) < 4.78 is 7.48. The fraction of sp³-hybridized carbons (Fsp3) is 0.0270. The van der Waals surface area contributed by atoms with Crippen molar-refractivity contribution in [1.29, 1.82) is 0 Å². The molecule has 0 bridgehead atoms. The first-order chi connectivity index (χ1) is 20.2. The van der Waals surface area contributed by atoms with Crippen LogP contribution in [0.2, 0.25) is 0 Å². The Labute approximate surface area is 239 Å². The summed E-state index contributed by atoms with van der Waals surface area (Å²) in [6.07, 6.45) is 0. The number of carbonyl (C=O) groups excluding carboxylic acids is 2. The highest BCUT2D eigenvalue weighted by Gasteiger charge is 2.34. The van der Waals surface area contributed by atoms with E-state index in [1.807, 2.05) is 126 Å². The Hall–Kier alpha value is -5.48. The van der Waals surface area contributed by atoms with Crippen molar-refractivity contribution >= 4 is 11.6 Å². The number of aromatic nitrogens is 1. The van der Waals surface area contributed by atoms with Gasteiger partial charge in [0.15, 0.2) is 11.6 Å². The molecule has 0 unspecified atom stereocenters. The van der Waals surface area contributed by atoms with Gasteiger partial charge in [-0.05, 0) is 35.4 Å². The van der Waals surface area contributed by atoms with Crippen molar-refractivity contribution in [1.82, 2.24) is 4.57 Å². The van der Waals surface area contributed by atoms with Gasteiger partial charge < -0.3 is 9.30 Å². The van der Waals surface area contributed by atoms with Crippen LogP contribution in [0.25, 0.3) is 28.2 Å². The summed E-state index contributed by atoms with van der Waals surface area (Å²) in [4.78, 5) is 29.1. The average Bonchev–Trinajstić information content (AvgIpc) is 3.42. The maximum Gasteiger partial charge on any atom is 0.195 e. The van der Waals surface area contributed by atoms with Crippen LogP contribution in [-0.2, 0) is 0 Å². The predicted molar refractivity (Wildman–Crippen MR) is 163 cm³/mol. The van der Waals surface area contributed by atoms with Crippen molar-refractivity contribution < 1.29 is 14.3 Å². The van der Waals surface area contributed by atoms with Crippen LogP contribution in [0.15, 0.2) is 146 Å². The number of nitrogens with zero attached hydrogens (tertiary/aromatic N) is 1. The number of hydrogen-bond acceptors (Lipinski definition) is 3. The van der Waals surface area contributed by atoms with E-state index in [1.165, 1.54) is 0 Å². The summed E-state index contributed by atoms with van der Waals surface area (Å²) >= 11 is 0. The Morgan fingerprint density at radius 3 is 1.22 bits per heavy atom. The largest absolute Gasteiger partial charge is 0.497 e. The molecule has 0 spiro atoms. The van der Waals surface area contributed by atoms with Gasteiger partial charge in [0.2, 0.25) is 0 Å². The van der Waals surface area contributed by atoms with Gasteiger partial charge in [0.05, 0.1) is 29.6 Å². The summed E-state index contributed by atoms with van der Waals surface area (Å²) in [6.45, 7) is 0. The minimum Gasteiger partial charge on any atom is -0.497 e. The number of ether oxygens (including phenoxy) is 1. The number of methoxy groups -OCH3 is 1. The van der Waals surface area contributed by atoms with E-state index in [4.69, 9.17) is 4.74 Å². The normalized spacial score (nSPS) is 10.8.